The van der Waals surface area contributed by atoms with Crippen molar-refractivity contribution in [3.63, 3.8) is 0 Å². The minimum atomic E-state index is -0.560. The summed E-state index contributed by atoms with van der Waals surface area (Å²) >= 11 is 0. The molecule has 0 bridgehead atoms. The molecule has 0 saturated carbocycles. The van der Waals surface area contributed by atoms with Crippen molar-refractivity contribution >= 4 is 6.09 Å². The molecule has 0 aromatic heterocycles. The van der Waals surface area contributed by atoms with Gasteiger partial charge in [-0.2, -0.15) is 0 Å². The Morgan fingerprint density at radius 2 is 2.00 bits per heavy atom. The van der Waals surface area contributed by atoms with Gasteiger partial charge in [0.15, 0.2) is 0 Å². The van der Waals surface area contributed by atoms with Crippen LogP contribution in [0.15, 0.2) is 48.5 Å². The fraction of sp³-hybridized carbons (Fsp3) is 0.188. The van der Waals surface area contributed by atoms with Crippen molar-refractivity contribution in [3.05, 3.63) is 54.1 Å². The summed E-state index contributed by atoms with van der Waals surface area (Å²) in [5.74, 6) is 0.778. The summed E-state index contributed by atoms with van der Waals surface area (Å²) in [7, 11) is 1.53. The lowest BCUT2D eigenvalue weighted by Crippen LogP contribution is -2.28. The number of hydrogen-bond donors (Lipinski definition) is 1. The first-order chi connectivity index (χ1) is 9.78. The highest BCUT2D eigenvalue weighted by molar-refractivity contribution is 5.71. The molecule has 0 saturated heterocycles. The van der Waals surface area contributed by atoms with Gasteiger partial charge in [-0.1, -0.05) is 42.5 Å². The van der Waals surface area contributed by atoms with Crippen molar-refractivity contribution in [2.24, 2.45) is 0 Å². The highest BCUT2D eigenvalue weighted by atomic mass is 16.7. The minimum Gasteiger partial charge on any atom is -0.454 e. The van der Waals surface area contributed by atoms with E-state index < -0.39 is 12.4 Å². The molecule has 4 nitrogen and oxygen atoms in total. The molecule has 0 aliphatic carbocycles. The van der Waals surface area contributed by atoms with Gasteiger partial charge in [-0.15, -0.1) is 0 Å². The van der Waals surface area contributed by atoms with E-state index in [0.717, 1.165) is 22.4 Å². The molecule has 3 rings (SSSR count). The van der Waals surface area contributed by atoms with Gasteiger partial charge < -0.3 is 14.8 Å². The number of hydrogen-bond acceptors (Lipinski definition) is 3. The summed E-state index contributed by atoms with van der Waals surface area (Å²) in [5.41, 5.74) is 3.33. The molecule has 20 heavy (non-hydrogen) atoms. The molecule has 2 aromatic rings. The van der Waals surface area contributed by atoms with Gasteiger partial charge in [0.1, 0.15) is 5.75 Å². The average Bonchev–Trinajstić information content (AvgIpc) is 2.90. The van der Waals surface area contributed by atoms with E-state index in [4.69, 9.17) is 9.47 Å². The van der Waals surface area contributed by atoms with Crippen molar-refractivity contribution in [2.45, 2.75) is 12.7 Å². The molecule has 1 heterocycles. The molecule has 1 atom stereocenters. The number of carbonyl (C=O) groups is 1. The smallest absolute Gasteiger partial charge is 0.409 e. The maximum atomic E-state index is 11.3. The van der Waals surface area contributed by atoms with E-state index in [-0.39, 0.29) is 0 Å². The Labute approximate surface area is 117 Å². The van der Waals surface area contributed by atoms with Gasteiger partial charge in [-0.05, 0) is 17.2 Å². The molecule has 0 fully saturated rings. The van der Waals surface area contributed by atoms with Crippen LogP contribution in [0.2, 0.25) is 0 Å². The number of ether oxygens (including phenoxy) is 2. The van der Waals surface area contributed by atoms with E-state index in [2.05, 4.69) is 23.5 Å². The fourth-order valence-electron chi connectivity index (χ4n) is 2.37. The topological polar surface area (TPSA) is 47.6 Å². The summed E-state index contributed by atoms with van der Waals surface area (Å²) in [5, 5.41) is 2.42. The first-order valence-electron chi connectivity index (χ1n) is 6.50. The fourth-order valence-corrected chi connectivity index (χ4v) is 2.37. The van der Waals surface area contributed by atoms with Gasteiger partial charge in [0, 0.05) is 12.6 Å². The molecular formula is C16H15NO3. The van der Waals surface area contributed by atoms with Gasteiger partial charge in [-0.25, -0.2) is 4.79 Å². The maximum Gasteiger partial charge on any atom is 0.409 e. The van der Waals surface area contributed by atoms with Crippen LogP contribution in [0.5, 0.6) is 5.75 Å². The van der Waals surface area contributed by atoms with Crippen LogP contribution in [0.25, 0.3) is 11.1 Å². The molecule has 1 N–H and O–H groups in total. The Kier molecular flexibility index (Phi) is 3.29. The Balaban J connectivity index is 1.89. The molecule has 0 radical (unpaired) electrons. The van der Waals surface area contributed by atoms with E-state index in [9.17, 15) is 4.79 Å². The van der Waals surface area contributed by atoms with Crippen molar-refractivity contribution in [1.29, 1.82) is 0 Å². The van der Waals surface area contributed by atoms with Crippen LogP contribution in [0.3, 0.4) is 0 Å². The van der Waals surface area contributed by atoms with Gasteiger partial charge in [0.05, 0.1) is 6.42 Å². The number of carbonyl (C=O) groups excluding carboxylic acids is 1. The summed E-state index contributed by atoms with van der Waals surface area (Å²) in [4.78, 5) is 11.3. The summed E-state index contributed by atoms with van der Waals surface area (Å²) in [6.07, 6.45) is -0.479. The monoisotopic (exact) mass is 269 g/mol. The second-order valence-electron chi connectivity index (χ2n) is 4.56. The van der Waals surface area contributed by atoms with Crippen LogP contribution in [-0.4, -0.2) is 19.4 Å². The largest absolute Gasteiger partial charge is 0.454 e. The summed E-state index contributed by atoms with van der Waals surface area (Å²) in [6.45, 7) is 0. The zero-order valence-corrected chi connectivity index (χ0v) is 11.1. The standard InChI is InChI=1S/C16H15NO3/c1-17-16(18)20-15-10-13-12(8-5-9-14(13)19-15)11-6-3-2-4-7-11/h2-9,15H,10H2,1H3,(H,17,18). The van der Waals surface area contributed by atoms with Gasteiger partial charge in [0.2, 0.25) is 6.29 Å². The number of fused-ring (bicyclic) bond motifs is 1. The zero-order valence-electron chi connectivity index (χ0n) is 11.1. The molecule has 0 spiro atoms. The van der Waals surface area contributed by atoms with Crippen LogP contribution in [0, 0.1) is 0 Å². The molecule has 102 valence electrons. The van der Waals surface area contributed by atoms with Crippen molar-refractivity contribution in [1.82, 2.24) is 5.32 Å². The third kappa shape index (κ3) is 2.32. The van der Waals surface area contributed by atoms with Crippen molar-refractivity contribution in [3.8, 4) is 16.9 Å². The molecule has 2 aromatic carbocycles. The molecule has 1 aliphatic rings. The number of benzene rings is 2. The van der Waals surface area contributed by atoms with Crippen LogP contribution in [0.1, 0.15) is 5.56 Å². The molecule has 1 unspecified atom stereocenters. The second-order valence-corrected chi connectivity index (χ2v) is 4.56. The zero-order chi connectivity index (χ0) is 13.9. The van der Waals surface area contributed by atoms with Gasteiger partial charge >= 0.3 is 6.09 Å². The minimum absolute atomic E-state index is 0.482. The van der Waals surface area contributed by atoms with Crippen LogP contribution in [-0.2, 0) is 11.2 Å². The molecule has 4 heteroatoms. The Bertz CT molecular complexity index is 625. The maximum absolute atomic E-state index is 11.3. The third-order valence-electron chi connectivity index (χ3n) is 3.29. The van der Waals surface area contributed by atoms with Gasteiger partial charge in [0.25, 0.3) is 0 Å². The predicted molar refractivity (Wildman–Crippen MR) is 75.5 cm³/mol. The average molecular weight is 269 g/mol. The Morgan fingerprint density at radius 3 is 2.75 bits per heavy atom. The number of nitrogens with one attached hydrogen (secondary N) is 1. The molecular weight excluding hydrogens is 254 g/mol. The summed E-state index contributed by atoms with van der Waals surface area (Å²) < 4.78 is 10.8. The Hall–Kier alpha value is -2.49. The van der Waals surface area contributed by atoms with Gasteiger partial charge in [-0.3, -0.25) is 0 Å². The lowest BCUT2D eigenvalue weighted by Gasteiger charge is -2.10. The number of rotatable bonds is 2. The van der Waals surface area contributed by atoms with E-state index in [1.54, 1.807) is 0 Å². The van der Waals surface area contributed by atoms with E-state index in [0.29, 0.717) is 6.42 Å². The molecule has 1 amide bonds. The predicted octanol–water partition coefficient (Wildman–Crippen LogP) is 2.97. The summed E-state index contributed by atoms with van der Waals surface area (Å²) in [6, 6.07) is 16.0. The Morgan fingerprint density at radius 1 is 1.20 bits per heavy atom. The highest BCUT2D eigenvalue weighted by Gasteiger charge is 2.28. The lowest BCUT2D eigenvalue weighted by atomic mass is 9.98. The quantitative estimate of drug-likeness (QED) is 0.911. The first-order valence-corrected chi connectivity index (χ1v) is 6.50. The third-order valence-corrected chi connectivity index (χ3v) is 3.29. The van der Waals surface area contributed by atoms with Crippen LogP contribution in [0.4, 0.5) is 4.79 Å². The SMILES string of the molecule is CNC(=O)OC1Cc2c(cccc2-c2ccccc2)O1. The van der Waals surface area contributed by atoms with Crippen molar-refractivity contribution < 1.29 is 14.3 Å². The van der Waals surface area contributed by atoms with Crippen molar-refractivity contribution in [2.75, 3.05) is 7.05 Å². The van der Waals surface area contributed by atoms with E-state index >= 15 is 0 Å². The highest BCUT2D eigenvalue weighted by Crippen LogP contribution is 2.37. The number of alkyl carbamates (subject to hydrolysis) is 1. The number of amides is 1. The van der Waals surface area contributed by atoms with Crippen LogP contribution >= 0.6 is 0 Å². The second kappa shape index (κ2) is 5.25. The van der Waals surface area contributed by atoms with E-state index in [1.807, 2.05) is 30.3 Å². The lowest BCUT2D eigenvalue weighted by molar-refractivity contribution is -0.0156. The first kappa shape index (κ1) is 12.5. The van der Waals surface area contributed by atoms with Crippen LogP contribution < -0.4 is 10.1 Å². The molecule has 1 aliphatic heterocycles. The van der Waals surface area contributed by atoms with E-state index in [1.165, 1.54) is 7.05 Å². The normalized spacial score (nSPS) is 16.1.